The molecule has 3 heteroatoms. The molecule has 0 radical (unpaired) electrons. The van der Waals surface area contributed by atoms with Crippen LogP contribution in [0.1, 0.15) is 1.43 Å². The second kappa shape index (κ2) is 2.34. The molecule has 0 fully saturated rings. The van der Waals surface area contributed by atoms with E-state index in [1.807, 2.05) is 11.5 Å². The molecule has 0 amide bonds. The summed E-state index contributed by atoms with van der Waals surface area (Å²) in [5, 5.41) is 2.04. The van der Waals surface area contributed by atoms with Crippen LogP contribution < -0.4 is 0 Å². The van der Waals surface area contributed by atoms with Gasteiger partial charge in [0.25, 0.3) is 0 Å². The van der Waals surface area contributed by atoms with Crippen molar-refractivity contribution in [2.24, 2.45) is 4.99 Å². The van der Waals surface area contributed by atoms with Crippen molar-refractivity contribution in [2.75, 3.05) is 0 Å². The highest BCUT2D eigenvalue weighted by atomic mass is 32.2. The Morgan fingerprint density at radius 1 is 1.60 bits per heavy atom. The monoisotopic (exact) mass is 152 g/mol. The summed E-state index contributed by atoms with van der Waals surface area (Å²) in [5.74, 6) is 0. The van der Waals surface area contributed by atoms with Gasteiger partial charge in [0.2, 0.25) is 0 Å². The van der Waals surface area contributed by atoms with Gasteiger partial charge in [0.05, 0.1) is 11.8 Å². The van der Waals surface area contributed by atoms with Gasteiger partial charge in [-0.1, -0.05) is 11.8 Å². The molecule has 0 aromatic heterocycles. The lowest BCUT2D eigenvalue weighted by Crippen LogP contribution is -1.92. The first-order valence-corrected chi connectivity index (χ1v) is 3.82. The Morgan fingerprint density at radius 3 is 3.50 bits per heavy atom. The predicted octanol–water partition coefficient (Wildman–Crippen LogP) is 2.14. The van der Waals surface area contributed by atoms with Crippen molar-refractivity contribution >= 4 is 17.3 Å². The van der Waals surface area contributed by atoms with Gasteiger partial charge in [-0.05, 0) is 11.5 Å². The summed E-state index contributed by atoms with van der Waals surface area (Å²) in [6.45, 7) is 0. The van der Waals surface area contributed by atoms with Crippen molar-refractivity contribution in [3.63, 3.8) is 0 Å². The van der Waals surface area contributed by atoms with Crippen molar-refractivity contribution in [1.29, 1.82) is 0 Å². The van der Waals surface area contributed by atoms with Crippen LogP contribution in [0.4, 0.5) is 0 Å². The van der Waals surface area contributed by atoms with E-state index in [1.54, 1.807) is 29.8 Å². The molecule has 0 bridgehead atoms. The average Bonchev–Trinajstić information content (AvgIpc) is 2.05. The maximum absolute atomic E-state index is 4.93. The highest BCUT2D eigenvalue weighted by molar-refractivity contribution is 8.14. The SMILES string of the molecule is C1=CC2=CSC=NC2=CO1.[H+]. The molecule has 0 atom stereocenters. The fourth-order valence-corrected chi connectivity index (χ4v) is 1.35. The van der Waals surface area contributed by atoms with E-state index in [0.29, 0.717) is 0 Å². The van der Waals surface area contributed by atoms with Crippen LogP contribution in [0.5, 0.6) is 0 Å². The minimum Gasteiger partial charge on any atom is -0.470 e. The van der Waals surface area contributed by atoms with E-state index in [2.05, 4.69) is 4.99 Å². The number of rotatable bonds is 0. The summed E-state index contributed by atoms with van der Waals surface area (Å²) in [7, 11) is 0. The fourth-order valence-electron chi connectivity index (χ4n) is 0.765. The summed E-state index contributed by atoms with van der Waals surface area (Å²) in [6, 6.07) is 0. The summed E-state index contributed by atoms with van der Waals surface area (Å²) in [5.41, 5.74) is 3.82. The van der Waals surface area contributed by atoms with Crippen LogP contribution in [0, 0.1) is 0 Å². The van der Waals surface area contributed by atoms with E-state index in [1.165, 1.54) is 0 Å². The third-order valence-corrected chi connectivity index (χ3v) is 1.87. The number of ether oxygens (including phenoxy) is 1. The Labute approximate surface area is 64.5 Å². The van der Waals surface area contributed by atoms with Gasteiger partial charge in [0.1, 0.15) is 12.0 Å². The summed E-state index contributed by atoms with van der Waals surface area (Å²) in [4.78, 5) is 4.11. The number of thioether (sulfide) groups is 1. The number of hydrogen-bond donors (Lipinski definition) is 0. The molecule has 0 aromatic carbocycles. The standard InChI is InChI=1S/C7H5NOS/c1-2-9-3-7-6(1)4-10-5-8-7/h1-5H/p+1. The van der Waals surface area contributed by atoms with Gasteiger partial charge in [-0.25, -0.2) is 4.99 Å². The third kappa shape index (κ3) is 0.885. The first-order valence-electron chi connectivity index (χ1n) is 2.87. The molecule has 2 rings (SSSR count). The topological polar surface area (TPSA) is 21.6 Å². The molecular formula is C7H6NOS+. The van der Waals surface area contributed by atoms with Crippen molar-refractivity contribution in [3.05, 3.63) is 35.3 Å². The Morgan fingerprint density at radius 2 is 2.60 bits per heavy atom. The zero-order valence-electron chi connectivity index (χ0n) is 6.15. The molecule has 0 saturated heterocycles. The van der Waals surface area contributed by atoms with Crippen LogP contribution in [0.3, 0.4) is 0 Å². The van der Waals surface area contributed by atoms with Gasteiger partial charge in [0, 0.05) is 5.57 Å². The van der Waals surface area contributed by atoms with Crippen molar-refractivity contribution in [2.45, 2.75) is 0 Å². The van der Waals surface area contributed by atoms with Crippen LogP contribution in [-0.4, -0.2) is 5.55 Å². The van der Waals surface area contributed by atoms with Gasteiger partial charge in [-0.3, -0.25) is 0 Å². The first-order chi connectivity index (χ1) is 4.97. The molecule has 10 heavy (non-hydrogen) atoms. The Kier molecular flexibility index (Phi) is 1.36. The van der Waals surface area contributed by atoms with Gasteiger partial charge < -0.3 is 4.74 Å². The number of aliphatic imine (C=N–C) groups is 1. The minimum atomic E-state index is 0. The molecule has 2 aliphatic heterocycles. The zero-order chi connectivity index (χ0) is 6.81. The largest absolute Gasteiger partial charge is 1.00 e. The Hall–Kier alpha value is -0.960. The second-order valence-electron chi connectivity index (χ2n) is 1.89. The van der Waals surface area contributed by atoms with Crippen LogP contribution in [0.2, 0.25) is 0 Å². The average molecular weight is 152 g/mol. The molecule has 0 spiro atoms. The highest BCUT2D eigenvalue weighted by Crippen LogP contribution is 2.24. The van der Waals surface area contributed by atoms with E-state index in [4.69, 9.17) is 4.74 Å². The van der Waals surface area contributed by atoms with Gasteiger partial charge in [-0.2, -0.15) is 0 Å². The molecule has 0 aromatic rings. The maximum Gasteiger partial charge on any atom is 1.00 e. The van der Waals surface area contributed by atoms with Gasteiger partial charge in [-0.15, -0.1) is 0 Å². The molecule has 2 aliphatic rings. The molecule has 0 aliphatic carbocycles. The van der Waals surface area contributed by atoms with E-state index in [9.17, 15) is 0 Å². The normalized spacial score (nSPS) is 20.8. The number of nitrogens with zero attached hydrogens (tertiary/aromatic N) is 1. The Bertz CT molecular complexity index is 240. The van der Waals surface area contributed by atoms with Crippen LogP contribution in [0.15, 0.2) is 40.3 Å². The van der Waals surface area contributed by atoms with Crippen molar-refractivity contribution < 1.29 is 6.16 Å². The van der Waals surface area contributed by atoms with E-state index < -0.39 is 0 Å². The number of fused-ring (bicyclic) bond motifs is 1. The molecule has 0 N–H and O–H groups in total. The smallest absolute Gasteiger partial charge is 0.470 e. The van der Waals surface area contributed by atoms with E-state index >= 15 is 0 Å². The van der Waals surface area contributed by atoms with Gasteiger partial charge in [0.15, 0.2) is 0 Å². The minimum absolute atomic E-state index is 0. The Balaban J connectivity index is 0.000000605. The van der Waals surface area contributed by atoms with Crippen LogP contribution >= 0.6 is 11.8 Å². The summed E-state index contributed by atoms with van der Waals surface area (Å²) >= 11 is 1.58. The number of hydrogen-bond acceptors (Lipinski definition) is 3. The highest BCUT2D eigenvalue weighted by Gasteiger charge is 2.06. The van der Waals surface area contributed by atoms with Crippen LogP contribution in [0.25, 0.3) is 0 Å². The summed E-state index contributed by atoms with van der Waals surface area (Å²) < 4.78 is 4.93. The lowest BCUT2D eigenvalue weighted by Gasteiger charge is -2.09. The van der Waals surface area contributed by atoms with Crippen molar-refractivity contribution in [3.8, 4) is 0 Å². The fraction of sp³-hybridized carbons (Fsp3) is 0. The molecule has 0 unspecified atom stereocenters. The van der Waals surface area contributed by atoms with E-state index in [0.717, 1.165) is 11.3 Å². The quantitative estimate of drug-likeness (QED) is 0.530. The molecule has 2 nitrogen and oxygen atoms in total. The molecule has 2 heterocycles. The second-order valence-corrected chi connectivity index (χ2v) is 2.60. The van der Waals surface area contributed by atoms with Gasteiger partial charge >= 0.3 is 1.43 Å². The zero-order valence-corrected chi connectivity index (χ0v) is 5.97. The third-order valence-electron chi connectivity index (χ3n) is 1.25. The molecule has 50 valence electrons. The number of allylic oxidation sites excluding steroid dienone is 1. The summed E-state index contributed by atoms with van der Waals surface area (Å²) in [6.07, 6.45) is 5.19. The maximum atomic E-state index is 4.93. The van der Waals surface area contributed by atoms with Crippen LogP contribution in [-0.2, 0) is 4.74 Å². The first kappa shape index (κ1) is 5.80. The van der Waals surface area contributed by atoms with E-state index in [-0.39, 0.29) is 1.43 Å². The molecule has 0 saturated carbocycles. The predicted molar refractivity (Wildman–Crippen MR) is 43.6 cm³/mol. The molecular weight excluding hydrogens is 146 g/mol. The van der Waals surface area contributed by atoms with Crippen molar-refractivity contribution in [1.82, 2.24) is 0 Å². The lowest BCUT2D eigenvalue weighted by molar-refractivity contribution is 0.393. The lowest BCUT2D eigenvalue weighted by atomic mass is 10.2.